The fourth-order valence-electron chi connectivity index (χ4n) is 1.44. The summed E-state index contributed by atoms with van der Waals surface area (Å²) in [4.78, 5) is 0. The van der Waals surface area contributed by atoms with Gasteiger partial charge in [0.2, 0.25) is 0 Å². The molecule has 0 saturated heterocycles. The van der Waals surface area contributed by atoms with E-state index < -0.39 is 0 Å². The molecule has 80 valence electrons. The highest BCUT2D eigenvalue weighted by molar-refractivity contribution is 5.11. The van der Waals surface area contributed by atoms with Crippen LogP contribution < -0.4 is 11.1 Å². The van der Waals surface area contributed by atoms with Gasteiger partial charge in [-0.2, -0.15) is 5.10 Å². The van der Waals surface area contributed by atoms with Gasteiger partial charge in [0.05, 0.1) is 6.20 Å². The topological polar surface area (TPSA) is 55.9 Å². The van der Waals surface area contributed by atoms with Crippen LogP contribution in [0.1, 0.15) is 32.4 Å². The van der Waals surface area contributed by atoms with Gasteiger partial charge in [-0.25, -0.2) is 0 Å². The molecule has 0 bridgehead atoms. The lowest BCUT2D eigenvalue weighted by molar-refractivity contribution is 0.483. The van der Waals surface area contributed by atoms with Crippen LogP contribution in [0, 0.1) is 0 Å². The third kappa shape index (κ3) is 2.82. The molecule has 0 radical (unpaired) electrons. The van der Waals surface area contributed by atoms with Gasteiger partial charge in [-0.05, 0) is 6.92 Å². The smallest absolute Gasteiger partial charge is 0.0538 e. The molecule has 0 aliphatic carbocycles. The van der Waals surface area contributed by atoms with Gasteiger partial charge in [-0.1, -0.05) is 13.8 Å². The van der Waals surface area contributed by atoms with Crippen molar-refractivity contribution in [3.63, 3.8) is 0 Å². The van der Waals surface area contributed by atoms with E-state index in [1.807, 2.05) is 17.1 Å². The summed E-state index contributed by atoms with van der Waals surface area (Å²) in [6.45, 7) is 7.82. The van der Waals surface area contributed by atoms with Crippen molar-refractivity contribution in [3.8, 4) is 0 Å². The molecule has 1 aromatic rings. The summed E-state index contributed by atoms with van der Waals surface area (Å²) in [5.74, 6) is 0. The number of nitrogens with two attached hydrogens (primary N) is 1. The predicted molar refractivity (Wildman–Crippen MR) is 58.0 cm³/mol. The minimum Gasteiger partial charge on any atom is -0.329 e. The second-order valence-corrected chi connectivity index (χ2v) is 3.74. The van der Waals surface area contributed by atoms with Gasteiger partial charge in [0, 0.05) is 36.9 Å². The molecule has 14 heavy (non-hydrogen) atoms. The average Bonchev–Trinajstić information content (AvgIpc) is 2.62. The predicted octanol–water partition coefficient (Wildman–Crippen LogP) is 0.901. The summed E-state index contributed by atoms with van der Waals surface area (Å²) in [5, 5.41) is 7.64. The lowest BCUT2D eigenvalue weighted by atomic mass is 10.1. The van der Waals surface area contributed by atoms with Crippen molar-refractivity contribution >= 4 is 0 Å². The van der Waals surface area contributed by atoms with Gasteiger partial charge >= 0.3 is 0 Å². The minimum absolute atomic E-state index is 0.218. The quantitative estimate of drug-likeness (QED) is 0.735. The van der Waals surface area contributed by atoms with Crippen molar-refractivity contribution in [1.82, 2.24) is 15.1 Å². The zero-order valence-electron chi connectivity index (χ0n) is 9.20. The minimum atomic E-state index is 0.218. The van der Waals surface area contributed by atoms with E-state index in [4.69, 9.17) is 5.73 Å². The van der Waals surface area contributed by atoms with E-state index in [0.29, 0.717) is 12.6 Å². The fourth-order valence-corrected chi connectivity index (χ4v) is 1.44. The fraction of sp³-hybridized carbons (Fsp3) is 0.700. The van der Waals surface area contributed by atoms with E-state index in [-0.39, 0.29) is 6.04 Å². The number of aryl methyl sites for hydroxylation is 1. The Morgan fingerprint density at radius 3 is 2.71 bits per heavy atom. The molecule has 0 aliphatic heterocycles. The van der Waals surface area contributed by atoms with E-state index >= 15 is 0 Å². The molecule has 0 saturated carbocycles. The standard InChI is InChI=1S/C10H20N4/c1-4-14-7-9(6-12-14)10(5-11)13-8(2)3/h6-8,10,13H,4-5,11H2,1-3H3. The molecule has 1 rings (SSSR count). The maximum atomic E-state index is 5.70. The van der Waals surface area contributed by atoms with Crippen LogP contribution in [-0.4, -0.2) is 22.4 Å². The maximum Gasteiger partial charge on any atom is 0.0538 e. The number of nitrogens with zero attached hydrogens (tertiary/aromatic N) is 2. The summed E-state index contributed by atoms with van der Waals surface area (Å²) in [6, 6.07) is 0.656. The molecular weight excluding hydrogens is 176 g/mol. The van der Waals surface area contributed by atoms with Gasteiger partial charge < -0.3 is 11.1 Å². The van der Waals surface area contributed by atoms with Crippen molar-refractivity contribution in [2.75, 3.05) is 6.54 Å². The number of rotatable bonds is 5. The first kappa shape index (κ1) is 11.2. The van der Waals surface area contributed by atoms with E-state index in [1.165, 1.54) is 5.56 Å². The van der Waals surface area contributed by atoms with Crippen molar-refractivity contribution < 1.29 is 0 Å². The number of hydrogen-bond acceptors (Lipinski definition) is 3. The zero-order valence-corrected chi connectivity index (χ0v) is 9.20. The molecule has 1 heterocycles. The summed E-state index contributed by atoms with van der Waals surface area (Å²) >= 11 is 0. The normalized spacial score (nSPS) is 13.5. The second kappa shape index (κ2) is 5.12. The van der Waals surface area contributed by atoms with Crippen LogP contribution in [0.25, 0.3) is 0 Å². The molecule has 1 atom stereocenters. The third-order valence-electron chi connectivity index (χ3n) is 2.15. The molecule has 1 unspecified atom stereocenters. The molecule has 0 amide bonds. The number of nitrogens with one attached hydrogen (secondary N) is 1. The monoisotopic (exact) mass is 196 g/mol. The van der Waals surface area contributed by atoms with E-state index in [0.717, 1.165) is 6.54 Å². The van der Waals surface area contributed by atoms with Gasteiger partial charge in [-0.15, -0.1) is 0 Å². The Morgan fingerprint density at radius 1 is 1.57 bits per heavy atom. The Labute approximate surface area is 85.5 Å². The highest BCUT2D eigenvalue weighted by atomic mass is 15.3. The van der Waals surface area contributed by atoms with E-state index in [2.05, 4.69) is 31.2 Å². The molecule has 0 spiro atoms. The van der Waals surface area contributed by atoms with Crippen LogP contribution >= 0.6 is 0 Å². The molecule has 4 nitrogen and oxygen atoms in total. The zero-order chi connectivity index (χ0) is 10.6. The lowest BCUT2D eigenvalue weighted by Crippen LogP contribution is -2.33. The summed E-state index contributed by atoms with van der Waals surface area (Å²) < 4.78 is 1.92. The van der Waals surface area contributed by atoms with Crippen molar-refractivity contribution in [2.45, 2.75) is 39.4 Å². The average molecular weight is 196 g/mol. The van der Waals surface area contributed by atoms with E-state index in [9.17, 15) is 0 Å². The molecule has 0 aromatic carbocycles. The Balaban J connectivity index is 2.68. The number of hydrogen-bond donors (Lipinski definition) is 2. The molecule has 1 aromatic heterocycles. The first-order valence-electron chi connectivity index (χ1n) is 5.15. The first-order chi connectivity index (χ1) is 6.67. The molecule has 0 aliphatic rings. The van der Waals surface area contributed by atoms with Crippen LogP contribution in [0.4, 0.5) is 0 Å². The molecule has 4 heteroatoms. The van der Waals surface area contributed by atoms with Gasteiger partial charge in [0.25, 0.3) is 0 Å². The van der Waals surface area contributed by atoms with Crippen LogP contribution in [0.3, 0.4) is 0 Å². The Kier molecular flexibility index (Phi) is 4.10. The Morgan fingerprint density at radius 2 is 2.29 bits per heavy atom. The van der Waals surface area contributed by atoms with Crippen LogP contribution in [0.15, 0.2) is 12.4 Å². The Bertz CT molecular complexity index is 267. The van der Waals surface area contributed by atoms with Gasteiger partial charge in [0.15, 0.2) is 0 Å². The van der Waals surface area contributed by atoms with Crippen LogP contribution in [0.2, 0.25) is 0 Å². The van der Waals surface area contributed by atoms with Crippen molar-refractivity contribution in [3.05, 3.63) is 18.0 Å². The van der Waals surface area contributed by atoms with Crippen LogP contribution in [-0.2, 0) is 6.54 Å². The number of aromatic nitrogens is 2. The van der Waals surface area contributed by atoms with Crippen LogP contribution in [0.5, 0.6) is 0 Å². The SMILES string of the molecule is CCn1cc(C(CN)NC(C)C)cn1. The lowest BCUT2D eigenvalue weighted by Gasteiger charge is -2.17. The maximum absolute atomic E-state index is 5.70. The van der Waals surface area contributed by atoms with Gasteiger partial charge in [-0.3, -0.25) is 4.68 Å². The van der Waals surface area contributed by atoms with Crippen molar-refractivity contribution in [2.24, 2.45) is 5.73 Å². The third-order valence-corrected chi connectivity index (χ3v) is 2.15. The van der Waals surface area contributed by atoms with E-state index in [1.54, 1.807) is 0 Å². The molecular formula is C10H20N4. The molecule has 3 N–H and O–H groups in total. The highest BCUT2D eigenvalue weighted by Gasteiger charge is 2.11. The first-order valence-corrected chi connectivity index (χ1v) is 5.15. The summed E-state index contributed by atoms with van der Waals surface area (Å²) in [6.07, 6.45) is 3.93. The molecule has 0 fully saturated rings. The summed E-state index contributed by atoms with van der Waals surface area (Å²) in [5.41, 5.74) is 6.87. The second-order valence-electron chi connectivity index (χ2n) is 3.74. The largest absolute Gasteiger partial charge is 0.329 e. The Hall–Kier alpha value is -0.870. The summed E-state index contributed by atoms with van der Waals surface area (Å²) in [7, 11) is 0. The highest BCUT2D eigenvalue weighted by Crippen LogP contribution is 2.11. The van der Waals surface area contributed by atoms with Crippen molar-refractivity contribution in [1.29, 1.82) is 0 Å². The van der Waals surface area contributed by atoms with Gasteiger partial charge in [0.1, 0.15) is 0 Å².